The van der Waals surface area contributed by atoms with Crippen LogP contribution < -0.4 is 16.4 Å². The predicted octanol–water partition coefficient (Wildman–Crippen LogP) is 3.56. The Morgan fingerprint density at radius 2 is 1.69 bits per heavy atom. The average molecular weight is 509 g/mol. The van der Waals surface area contributed by atoms with E-state index in [1.165, 1.54) is 12.3 Å². The lowest BCUT2D eigenvalue weighted by Crippen LogP contribution is -2.23. The Hall–Kier alpha value is -4.63. The lowest BCUT2D eigenvalue weighted by molar-refractivity contribution is -0.138. The fourth-order valence-electron chi connectivity index (χ4n) is 2.97. The van der Waals surface area contributed by atoms with E-state index in [2.05, 4.69) is 40.8 Å². The molecule has 0 aromatic carbocycles. The number of aromatic nitrogens is 6. The van der Waals surface area contributed by atoms with Crippen molar-refractivity contribution in [2.24, 2.45) is 5.73 Å². The number of halogens is 6. The quantitative estimate of drug-likeness (QED) is 0.332. The molecule has 0 saturated heterocycles. The first-order chi connectivity index (χ1) is 16.9. The van der Waals surface area contributed by atoms with Gasteiger partial charge in [-0.05, 0) is 24.3 Å². The van der Waals surface area contributed by atoms with Crippen molar-refractivity contribution in [3.8, 4) is 11.4 Å². The summed E-state index contributed by atoms with van der Waals surface area (Å²) in [5, 5.41) is 12.3. The number of carbonyl (C=O) groups excluding carboxylic acids is 1. The van der Waals surface area contributed by atoms with Crippen LogP contribution in [0.25, 0.3) is 22.6 Å². The van der Waals surface area contributed by atoms with Crippen LogP contribution >= 0.6 is 0 Å². The normalized spacial score (nSPS) is 11.9. The Kier molecular flexibility index (Phi) is 6.26. The second-order valence-corrected chi connectivity index (χ2v) is 7.15. The van der Waals surface area contributed by atoms with Gasteiger partial charge in [-0.3, -0.25) is 4.79 Å². The summed E-state index contributed by atoms with van der Waals surface area (Å²) in [6, 6.07) is 4.03. The largest absolute Gasteiger partial charge is 0.418 e. The van der Waals surface area contributed by atoms with Crippen molar-refractivity contribution in [1.29, 1.82) is 0 Å². The Bertz CT molecular complexity index is 1420. The number of nitrogens with two attached hydrogens (primary N) is 1. The third kappa shape index (κ3) is 5.37. The van der Waals surface area contributed by atoms with Crippen molar-refractivity contribution in [3.05, 3.63) is 54.0 Å². The highest BCUT2D eigenvalue weighted by molar-refractivity contribution is 5.87. The molecule has 4 aromatic heterocycles. The Balaban J connectivity index is 1.68. The first kappa shape index (κ1) is 24.5. The highest BCUT2D eigenvalue weighted by Crippen LogP contribution is 2.36. The van der Waals surface area contributed by atoms with Crippen LogP contribution in [0.5, 0.6) is 0 Å². The van der Waals surface area contributed by atoms with Gasteiger partial charge in [0, 0.05) is 12.4 Å². The second kappa shape index (κ2) is 9.20. The zero-order valence-electron chi connectivity index (χ0n) is 17.7. The molecule has 0 bridgehead atoms. The van der Waals surface area contributed by atoms with Gasteiger partial charge in [0.2, 0.25) is 5.91 Å². The van der Waals surface area contributed by atoms with Gasteiger partial charge < -0.3 is 16.4 Å². The molecule has 4 aromatic rings. The molecule has 0 aliphatic heterocycles. The summed E-state index contributed by atoms with van der Waals surface area (Å²) >= 11 is 0. The van der Waals surface area contributed by atoms with E-state index in [1.807, 2.05) is 0 Å². The summed E-state index contributed by atoms with van der Waals surface area (Å²) in [5.74, 6) is -1.07. The molecule has 186 valence electrons. The Morgan fingerprint density at radius 1 is 0.917 bits per heavy atom. The molecular weight excluding hydrogens is 496 g/mol. The molecule has 0 unspecified atom stereocenters. The predicted molar refractivity (Wildman–Crippen MR) is 114 cm³/mol. The van der Waals surface area contributed by atoms with Gasteiger partial charge in [-0.25, -0.2) is 19.9 Å². The summed E-state index contributed by atoms with van der Waals surface area (Å²) in [5.41, 5.74) is 2.21. The third-order valence-corrected chi connectivity index (χ3v) is 4.59. The van der Waals surface area contributed by atoms with Crippen LogP contribution in [0.15, 0.2) is 42.9 Å². The zero-order chi connectivity index (χ0) is 26.1. The molecule has 0 aliphatic carbocycles. The van der Waals surface area contributed by atoms with Crippen LogP contribution in [0.3, 0.4) is 0 Å². The van der Waals surface area contributed by atoms with E-state index in [0.29, 0.717) is 12.3 Å². The van der Waals surface area contributed by atoms with Crippen LogP contribution in [-0.2, 0) is 17.1 Å². The van der Waals surface area contributed by atoms with E-state index in [4.69, 9.17) is 5.73 Å². The average Bonchev–Trinajstić information content (AvgIpc) is 2.81. The monoisotopic (exact) mass is 509 g/mol. The maximum Gasteiger partial charge on any atom is 0.418 e. The van der Waals surface area contributed by atoms with Crippen molar-refractivity contribution >= 4 is 34.4 Å². The number of nitrogens with zero attached hydrogens (tertiary/aromatic N) is 6. The molecule has 16 heteroatoms. The molecule has 0 atom stereocenters. The summed E-state index contributed by atoms with van der Waals surface area (Å²) in [6.45, 7) is -0.450. The minimum absolute atomic E-state index is 0.0608. The minimum Gasteiger partial charge on any atom is -0.368 e. The van der Waals surface area contributed by atoms with Crippen molar-refractivity contribution in [2.45, 2.75) is 12.4 Å². The SMILES string of the molecule is NC(=O)CNc1cc(C(F)(F)F)c(-c2cnc3c(Nc4ccc(C(F)(F)F)cn4)ccnc3n2)nn1. The minimum atomic E-state index is -4.85. The number of primary amides is 1. The highest BCUT2D eigenvalue weighted by atomic mass is 19.4. The van der Waals surface area contributed by atoms with Gasteiger partial charge in [-0.2, -0.15) is 26.3 Å². The van der Waals surface area contributed by atoms with Gasteiger partial charge in [-0.15, -0.1) is 10.2 Å². The molecule has 36 heavy (non-hydrogen) atoms. The van der Waals surface area contributed by atoms with Gasteiger partial charge in [0.1, 0.15) is 28.5 Å². The number of nitrogens with one attached hydrogen (secondary N) is 2. The van der Waals surface area contributed by atoms with E-state index in [-0.39, 0.29) is 34.2 Å². The third-order valence-electron chi connectivity index (χ3n) is 4.59. The van der Waals surface area contributed by atoms with E-state index < -0.39 is 41.6 Å². The molecule has 1 amide bonds. The van der Waals surface area contributed by atoms with E-state index >= 15 is 0 Å². The number of carbonyl (C=O) groups is 1. The number of alkyl halides is 6. The van der Waals surface area contributed by atoms with Crippen molar-refractivity contribution in [3.63, 3.8) is 0 Å². The Morgan fingerprint density at radius 3 is 2.33 bits per heavy atom. The molecule has 0 radical (unpaired) electrons. The van der Waals surface area contributed by atoms with Crippen LogP contribution in [0.4, 0.5) is 43.7 Å². The molecular formula is C20H13F6N9O. The van der Waals surface area contributed by atoms with Crippen LogP contribution in [0.2, 0.25) is 0 Å². The molecule has 4 heterocycles. The van der Waals surface area contributed by atoms with Gasteiger partial charge in [0.05, 0.1) is 29.6 Å². The fraction of sp³-hybridized carbons (Fsp3) is 0.150. The number of fused-ring (bicyclic) bond motifs is 1. The standard InChI is InChI=1S/C20H13F6N9O/c21-19(22,23)9-1-2-14(29-6-9)32-11-3-4-28-18-17(11)31-7-12(33-18)16-10(20(24,25)26)5-15(34-35-16)30-8-13(27)36/h1-7H,8H2,(H2,27,36)(H,30,34)(H,28,29,32,33). The molecule has 0 aliphatic rings. The topological polar surface area (TPSA) is 144 Å². The number of anilines is 3. The van der Waals surface area contributed by atoms with Crippen LogP contribution in [0, 0.1) is 0 Å². The molecule has 0 saturated carbocycles. The number of hydrogen-bond acceptors (Lipinski definition) is 9. The van der Waals surface area contributed by atoms with Crippen molar-refractivity contribution in [1.82, 2.24) is 30.1 Å². The van der Waals surface area contributed by atoms with E-state index in [1.54, 1.807) is 0 Å². The van der Waals surface area contributed by atoms with E-state index in [0.717, 1.165) is 18.3 Å². The van der Waals surface area contributed by atoms with Gasteiger partial charge >= 0.3 is 12.4 Å². The molecule has 0 spiro atoms. The molecule has 10 nitrogen and oxygen atoms in total. The summed E-state index contributed by atoms with van der Waals surface area (Å²) in [7, 11) is 0. The molecule has 4 rings (SSSR count). The number of rotatable bonds is 6. The lowest BCUT2D eigenvalue weighted by Gasteiger charge is -2.13. The number of pyridine rings is 2. The van der Waals surface area contributed by atoms with Gasteiger partial charge in [-0.1, -0.05) is 0 Å². The maximum atomic E-state index is 13.7. The fourth-order valence-corrected chi connectivity index (χ4v) is 2.97. The molecule has 0 fully saturated rings. The second-order valence-electron chi connectivity index (χ2n) is 7.15. The zero-order valence-corrected chi connectivity index (χ0v) is 17.7. The number of amides is 1. The van der Waals surface area contributed by atoms with Crippen LogP contribution in [0.1, 0.15) is 11.1 Å². The van der Waals surface area contributed by atoms with Crippen molar-refractivity contribution < 1.29 is 31.1 Å². The summed E-state index contributed by atoms with van der Waals surface area (Å²) in [6.07, 6.45) is -6.46. The summed E-state index contributed by atoms with van der Waals surface area (Å²) in [4.78, 5) is 26.8. The maximum absolute atomic E-state index is 13.7. The van der Waals surface area contributed by atoms with E-state index in [9.17, 15) is 31.1 Å². The van der Waals surface area contributed by atoms with Gasteiger partial charge in [0.15, 0.2) is 5.65 Å². The number of hydrogen-bond donors (Lipinski definition) is 3. The highest BCUT2D eigenvalue weighted by Gasteiger charge is 2.36. The first-order valence-electron chi connectivity index (χ1n) is 9.81. The summed E-state index contributed by atoms with van der Waals surface area (Å²) < 4.78 is 79.3. The first-order valence-corrected chi connectivity index (χ1v) is 9.81. The smallest absolute Gasteiger partial charge is 0.368 e. The van der Waals surface area contributed by atoms with Crippen molar-refractivity contribution in [2.75, 3.05) is 17.2 Å². The van der Waals surface area contributed by atoms with Crippen LogP contribution in [-0.4, -0.2) is 42.6 Å². The van der Waals surface area contributed by atoms with Gasteiger partial charge in [0.25, 0.3) is 0 Å². The Labute approximate surface area is 197 Å². The molecule has 4 N–H and O–H groups in total. The lowest BCUT2D eigenvalue weighted by atomic mass is 10.1.